The number of nitrogens with two attached hydrogens (primary N) is 1. The summed E-state index contributed by atoms with van der Waals surface area (Å²) in [7, 11) is 3.21. The number of H-pyrrole nitrogens is 2. The summed E-state index contributed by atoms with van der Waals surface area (Å²) >= 11 is 3.46. The number of carbonyl (C=O) groups is 2. The molecule has 0 bridgehead atoms. The number of anilines is 5. The maximum Gasteiger partial charge on any atom is 0.252 e. The molecule has 0 aromatic carbocycles. The third kappa shape index (κ3) is 13.8. The fourth-order valence-electron chi connectivity index (χ4n) is 8.75. The van der Waals surface area contributed by atoms with E-state index in [9.17, 15) is 9.59 Å². The van der Waals surface area contributed by atoms with Crippen LogP contribution in [-0.4, -0.2) is 123 Å². The average molecular weight is 1080 g/mol. The number of aromatic nitrogens is 12. The highest BCUT2D eigenvalue weighted by atomic mass is 79.9. The Morgan fingerprint density at radius 3 is 1.52 bits per heavy atom. The molecule has 0 unspecified atom stereocenters. The van der Waals surface area contributed by atoms with E-state index in [2.05, 4.69) is 99.4 Å². The quantitative estimate of drug-likeness (QED) is 0.0645. The van der Waals surface area contributed by atoms with E-state index in [-0.39, 0.29) is 11.8 Å². The van der Waals surface area contributed by atoms with E-state index >= 15 is 0 Å². The number of pyridine rings is 4. The van der Waals surface area contributed by atoms with Gasteiger partial charge in [0.25, 0.3) is 11.8 Å². The summed E-state index contributed by atoms with van der Waals surface area (Å²) in [4.78, 5) is 48.8. The topological polar surface area (TPSA) is 266 Å². The number of carbonyl (C=O) groups excluding carboxylic acids is 2. The number of hydrogen-bond donors (Lipinski definition) is 6. The number of nitrogen functional groups attached to an aromatic ring is 1. The highest BCUT2D eigenvalue weighted by Crippen LogP contribution is 2.32. The molecule has 0 radical (unpaired) electrons. The SMILES string of the molecule is COC1(C(=O)NCc2ccc(-n3cccn3)nc2)CCN(c2cc(C)cc(Br)n2)CC1.COC1(C(=O)NCc2ccc(-n3cccn3)nc2)CCN(c2cc(C)cc(Nc3cc(C)[nH]n3)n2)CC1.Cc1cc(N)n[nH]1. The van der Waals surface area contributed by atoms with Crippen molar-refractivity contribution in [3.8, 4) is 11.6 Å². The number of nitrogens with zero attached hydrogens (tertiary/aromatic N) is 12. The number of aromatic amines is 2. The number of piperidine rings is 2. The van der Waals surface area contributed by atoms with Crippen LogP contribution in [0.15, 0.2) is 115 Å². The van der Waals surface area contributed by atoms with Gasteiger partial charge in [-0.3, -0.25) is 19.8 Å². The molecular weight excluding hydrogens is 1020 g/mol. The van der Waals surface area contributed by atoms with Crippen molar-refractivity contribution in [1.82, 2.24) is 70.5 Å². The predicted octanol–water partition coefficient (Wildman–Crippen LogP) is 6.38. The standard InChI is InChI=1S/C26H31N9O2.C22H25BrN6O2.C4H7N3/c1-18-13-21(30-22-15-19(2)32-33-22)31-24(14-18)34-11-7-26(37-3,8-12-34)25(36)28-17-20-5-6-23(27-16-20)35-10-4-9-29-35;1-16-12-18(23)27-20(13-16)28-10-6-22(31-2,7-11-28)21(30)25-15-17-4-5-19(24-14-17)29-9-3-8-26-29;1-3-2-4(5)7-6-3/h4-6,9-10,13-16H,7-8,11-12,17H2,1-3H3,(H,28,36)(H2,30,31,32,33);3-5,8-9,12-14H,6-7,10-11,15H2,1-2H3,(H,25,30);2H,1H3,(H3,5,6,7). The van der Waals surface area contributed by atoms with Gasteiger partial charge in [0, 0.05) is 140 Å². The molecule has 2 amide bonds. The Balaban J connectivity index is 0.000000178. The van der Waals surface area contributed by atoms with Gasteiger partial charge in [0.2, 0.25) is 0 Å². The van der Waals surface area contributed by atoms with Gasteiger partial charge in [-0.15, -0.1) is 0 Å². The maximum absolute atomic E-state index is 13.2. The van der Waals surface area contributed by atoms with Crippen molar-refractivity contribution >= 4 is 56.8 Å². The van der Waals surface area contributed by atoms with Crippen LogP contribution in [0.1, 0.15) is 59.3 Å². The smallest absolute Gasteiger partial charge is 0.252 e. The number of aryl methyl sites for hydroxylation is 4. The van der Waals surface area contributed by atoms with Crippen LogP contribution < -0.4 is 31.5 Å². The van der Waals surface area contributed by atoms with Crippen molar-refractivity contribution in [3.63, 3.8) is 0 Å². The molecule has 2 aliphatic rings. The summed E-state index contributed by atoms with van der Waals surface area (Å²) in [6, 6.07) is 23.1. The lowest BCUT2D eigenvalue weighted by atomic mass is 9.90. The number of hydrogen-bond acceptors (Lipinski definition) is 16. The van der Waals surface area contributed by atoms with Crippen LogP contribution in [0.2, 0.25) is 0 Å². The van der Waals surface area contributed by atoms with E-state index in [4.69, 9.17) is 20.2 Å². The molecule has 10 heterocycles. The zero-order chi connectivity index (χ0) is 53.0. The number of halogens is 1. The maximum atomic E-state index is 13.2. The molecule has 23 heteroatoms. The van der Waals surface area contributed by atoms with E-state index in [0.29, 0.717) is 70.8 Å². The minimum Gasteiger partial charge on any atom is -0.382 e. The van der Waals surface area contributed by atoms with Gasteiger partial charge in [0.15, 0.2) is 17.5 Å². The van der Waals surface area contributed by atoms with Crippen LogP contribution >= 0.6 is 15.9 Å². The molecule has 8 aromatic rings. The van der Waals surface area contributed by atoms with Crippen LogP contribution in [0.25, 0.3) is 11.6 Å². The molecular formula is C52H63BrN18O4. The van der Waals surface area contributed by atoms with Crippen molar-refractivity contribution < 1.29 is 19.1 Å². The van der Waals surface area contributed by atoms with Crippen molar-refractivity contribution in [2.75, 3.05) is 61.2 Å². The number of amides is 2. The minimum absolute atomic E-state index is 0.0933. The van der Waals surface area contributed by atoms with Gasteiger partial charge in [0.1, 0.15) is 39.1 Å². The molecule has 10 rings (SSSR count). The van der Waals surface area contributed by atoms with Gasteiger partial charge in [-0.05, 0) is 114 Å². The monoisotopic (exact) mass is 1080 g/mol. The Bertz CT molecular complexity index is 3050. The van der Waals surface area contributed by atoms with Crippen LogP contribution in [-0.2, 0) is 32.2 Å². The molecule has 0 spiro atoms. The first-order valence-corrected chi connectivity index (χ1v) is 25.3. The molecule has 2 fully saturated rings. The first-order valence-electron chi connectivity index (χ1n) is 24.5. The number of rotatable bonds is 14. The molecule has 2 saturated heterocycles. The molecule has 0 atom stereocenters. The summed E-state index contributed by atoms with van der Waals surface area (Å²) < 4.78 is 15.7. The number of ether oxygens (including phenoxy) is 2. The normalized spacial score (nSPS) is 14.7. The fraction of sp³-hybridized carbons (Fsp3) is 0.346. The zero-order valence-electron chi connectivity index (χ0n) is 42.9. The van der Waals surface area contributed by atoms with Crippen LogP contribution in [0.5, 0.6) is 0 Å². The van der Waals surface area contributed by atoms with Crippen molar-refractivity contribution in [2.24, 2.45) is 0 Å². The van der Waals surface area contributed by atoms with Crippen LogP contribution in [0.3, 0.4) is 0 Å². The Morgan fingerprint density at radius 2 is 1.13 bits per heavy atom. The first kappa shape index (κ1) is 53.3. The van der Waals surface area contributed by atoms with Crippen LogP contribution in [0, 0.1) is 27.7 Å². The highest BCUT2D eigenvalue weighted by Gasteiger charge is 2.43. The molecule has 392 valence electrons. The predicted molar refractivity (Wildman–Crippen MR) is 289 cm³/mol. The first-order chi connectivity index (χ1) is 36.2. The van der Waals surface area contributed by atoms with E-state index < -0.39 is 11.2 Å². The highest BCUT2D eigenvalue weighted by molar-refractivity contribution is 9.10. The molecule has 2 aliphatic heterocycles. The van der Waals surface area contributed by atoms with Gasteiger partial charge in [-0.25, -0.2) is 29.3 Å². The van der Waals surface area contributed by atoms with E-state index in [1.807, 2.05) is 94.7 Å². The number of methoxy groups -OCH3 is 2. The molecule has 7 N–H and O–H groups in total. The zero-order valence-corrected chi connectivity index (χ0v) is 44.5. The third-order valence-electron chi connectivity index (χ3n) is 13.0. The Morgan fingerprint density at radius 1 is 0.640 bits per heavy atom. The minimum atomic E-state index is -0.879. The van der Waals surface area contributed by atoms with Gasteiger partial charge in [-0.2, -0.15) is 20.4 Å². The number of nitrogens with one attached hydrogen (secondary N) is 5. The Labute approximate surface area is 443 Å². The summed E-state index contributed by atoms with van der Waals surface area (Å²) in [6.07, 6.45) is 12.9. The molecule has 0 saturated carbocycles. The Kier molecular flexibility index (Phi) is 17.3. The second kappa shape index (κ2) is 24.3. The van der Waals surface area contributed by atoms with Crippen molar-refractivity contribution in [1.29, 1.82) is 0 Å². The summed E-state index contributed by atoms with van der Waals surface area (Å²) in [5.41, 5.74) is 9.56. The second-order valence-electron chi connectivity index (χ2n) is 18.4. The molecule has 75 heavy (non-hydrogen) atoms. The van der Waals surface area contributed by atoms with E-state index in [0.717, 1.165) is 73.2 Å². The van der Waals surface area contributed by atoms with Gasteiger partial charge >= 0.3 is 0 Å². The molecule has 8 aromatic heterocycles. The molecule has 22 nitrogen and oxygen atoms in total. The lowest BCUT2D eigenvalue weighted by Gasteiger charge is -2.40. The lowest BCUT2D eigenvalue weighted by molar-refractivity contribution is -0.146. The van der Waals surface area contributed by atoms with E-state index in [1.165, 1.54) is 0 Å². The Hall–Kier alpha value is -8.02. The third-order valence-corrected chi connectivity index (χ3v) is 13.4. The largest absolute Gasteiger partial charge is 0.382 e. The fourth-order valence-corrected chi connectivity index (χ4v) is 9.29. The van der Waals surface area contributed by atoms with Gasteiger partial charge in [-0.1, -0.05) is 12.1 Å². The lowest BCUT2D eigenvalue weighted by Crippen LogP contribution is -2.55. The van der Waals surface area contributed by atoms with Gasteiger partial charge in [0.05, 0.1) is 0 Å². The van der Waals surface area contributed by atoms with Crippen molar-refractivity contribution in [3.05, 3.63) is 148 Å². The summed E-state index contributed by atoms with van der Waals surface area (Å²) in [5.74, 6) is 5.04. The second-order valence-corrected chi connectivity index (χ2v) is 19.2. The summed E-state index contributed by atoms with van der Waals surface area (Å²) in [6.45, 7) is 11.4. The summed E-state index contributed by atoms with van der Waals surface area (Å²) in [5, 5.41) is 31.2. The average Bonchev–Trinajstić information content (AvgIpc) is 4.29. The van der Waals surface area contributed by atoms with Crippen LogP contribution in [0.4, 0.5) is 29.1 Å². The van der Waals surface area contributed by atoms with E-state index in [1.54, 1.807) is 54.4 Å². The molecule has 0 aliphatic carbocycles. The van der Waals surface area contributed by atoms with Crippen molar-refractivity contribution in [2.45, 2.75) is 77.7 Å². The van der Waals surface area contributed by atoms with Gasteiger partial charge < -0.3 is 41.0 Å².